The first-order valence-electron chi connectivity index (χ1n) is 7.22. The minimum Gasteiger partial charge on any atom is -0.384 e. The number of benzene rings is 1. The van der Waals surface area contributed by atoms with Crippen molar-refractivity contribution in [1.29, 1.82) is 0 Å². The fourth-order valence-corrected chi connectivity index (χ4v) is 3.01. The molecule has 3 nitrogen and oxygen atoms in total. The maximum absolute atomic E-state index is 11.8. The number of carbonyl (C=O) groups excluding carboxylic acids is 1. The number of aliphatic hydroxyl groups excluding tert-OH is 1. The zero-order valence-electron chi connectivity index (χ0n) is 12.4. The van der Waals surface area contributed by atoms with Crippen molar-refractivity contribution < 1.29 is 9.90 Å². The van der Waals surface area contributed by atoms with Gasteiger partial charge in [-0.3, -0.25) is 4.79 Å². The van der Waals surface area contributed by atoms with E-state index in [1.54, 1.807) is 11.3 Å². The van der Waals surface area contributed by atoms with Crippen molar-refractivity contribution in [2.75, 3.05) is 0 Å². The van der Waals surface area contributed by atoms with Gasteiger partial charge < -0.3 is 10.4 Å². The van der Waals surface area contributed by atoms with Crippen molar-refractivity contribution in [3.05, 3.63) is 57.8 Å². The third-order valence-corrected chi connectivity index (χ3v) is 4.28. The highest BCUT2D eigenvalue weighted by Gasteiger charge is 2.20. The van der Waals surface area contributed by atoms with Gasteiger partial charge in [0, 0.05) is 4.88 Å². The highest BCUT2D eigenvalue weighted by molar-refractivity contribution is 7.10. The van der Waals surface area contributed by atoms with Crippen molar-refractivity contribution >= 4 is 17.2 Å². The van der Waals surface area contributed by atoms with Crippen LogP contribution in [0.25, 0.3) is 0 Å². The standard InChI is InChI=1S/C17H21NO2S/c1-3-5-13-7-9-14(10-8-13)16(15-6-4-11-21-15)18-17(20)12(2)19/h4,6-12,16,19H,3,5H2,1-2H3,(H,18,20). The fraction of sp³-hybridized carbons (Fsp3) is 0.353. The van der Waals surface area contributed by atoms with Gasteiger partial charge in [0.25, 0.3) is 0 Å². The molecule has 4 heteroatoms. The van der Waals surface area contributed by atoms with Gasteiger partial charge >= 0.3 is 0 Å². The normalized spacial score (nSPS) is 13.7. The van der Waals surface area contributed by atoms with Gasteiger partial charge in [0.1, 0.15) is 6.10 Å². The Bertz CT molecular complexity index is 561. The first kappa shape index (κ1) is 15.7. The molecule has 21 heavy (non-hydrogen) atoms. The molecule has 0 bridgehead atoms. The molecular formula is C17H21NO2S. The Morgan fingerprint density at radius 2 is 2.00 bits per heavy atom. The van der Waals surface area contributed by atoms with Crippen LogP contribution in [-0.4, -0.2) is 17.1 Å². The number of carbonyl (C=O) groups is 1. The van der Waals surface area contributed by atoms with Crippen LogP contribution in [0.1, 0.15) is 42.3 Å². The molecule has 2 unspecified atom stereocenters. The van der Waals surface area contributed by atoms with Crippen molar-refractivity contribution in [1.82, 2.24) is 5.32 Å². The summed E-state index contributed by atoms with van der Waals surface area (Å²) in [5.74, 6) is -0.356. The monoisotopic (exact) mass is 303 g/mol. The van der Waals surface area contributed by atoms with Crippen molar-refractivity contribution in [3.63, 3.8) is 0 Å². The lowest BCUT2D eigenvalue weighted by Crippen LogP contribution is -2.35. The smallest absolute Gasteiger partial charge is 0.249 e. The molecule has 2 rings (SSSR count). The fourth-order valence-electron chi connectivity index (χ4n) is 2.20. The van der Waals surface area contributed by atoms with E-state index in [0.29, 0.717) is 0 Å². The van der Waals surface area contributed by atoms with E-state index in [0.717, 1.165) is 23.3 Å². The van der Waals surface area contributed by atoms with Gasteiger partial charge in [-0.2, -0.15) is 0 Å². The Kier molecular flexibility index (Phi) is 5.53. The number of aliphatic hydroxyl groups is 1. The van der Waals surface area contributed by atoms with Crippen LogP contribution >= 0.6 is 11.3 Å². The van der Waals surface area contributed by atoms with E-state index in [9.17, 15) is 9.90 Å². The lowest BCUT2D eigenvalue weighted by Gasteiger charge is -2.19. The predicted molar refractivity (Wildman–Crippen MR) is 86.4 cm³/mol. The quantitative estimate of drug-likeness (QED) is 0.860. The lowest BCUT2D eigenvalue weighted by molar-refractivity contribution is -0.128. The Labute approximate surface area is 129 Å². The summed E-state index contributed by atoms with van der Waals surface area (Å²) in [7, 11) is 0. The second kappa shape index (κ2) is 7.38. The van der Waals surface area contributed by atoms with Gasteiger partial charge in [-0.05, 0) is 35.9 Å². The Morgan fingerprint density at radius 1 is 1.29 bits per heavy atom. The number of nitrogens with one attached hydrogen (secondary N) is 1. The van der Waals surface area contributed by atoms with Gasteiger partial charge in [-0.25, -0.2) is 0 Å². The molecule has 0 spiro atoms. The Hall–Kier alpha value is -1.65. The highest BCUT2D eigenvalue weighted by atomic mass is 32.1. The minimum atomic E-state index is -1.01. The molecule has 1 aromatic heterocycles. The SMILES string of the molecule is CCCc1ccc(C(NC(=O)C(C)O)c2cccs2)cc1. The van der Waals surface area contributed by atoms with Crippen LogP contribution in [0.5, 0.6) is 0 Å². The maximum atomic E-state index is 11.8. The molecule has 2 N–H and O–H groups in total. The summed E-state index contributed by atoms with van der Waals surface area (Å²) < 4.78 is 0. The number of hydrogen-bond donors (Lipinski definition) is 2. The van der Waals surface area contributed by atoms with Crippen molar-refractivity contribution in [2.24, 2.45) is 0 Å². The molecule has 0 saturated heterocycles. The molecule has 0 aliphatic rings. The van der Waals surface area contributed by atoms with Crippen LogP contribution in [0.3, 0.4) is 0 Å². The number of thiophene rings is 1. The molecule has 112 valence electrons. The maximum Gasteiger partial charge on any atom is 0.249 e. The number of amides is 1. The predicted octanol–water partition coefficient (Wildman–Crippen LogP) is 3.29. The van der Waals surface area contributed by atoms with Crippen molar-refractivity contribution in [2.45, 2.75) is 38.8 Å². The van der Waals surface area contributed by atoms with E-state index in [1.165, 1.54) is 12.5 Å². The number of rotatable bonds is 6. The second-order valence-corrected chi connectivity index (χ2v) is 6.10. The molecule has 0 aliphatic heterocycles. The molecule has 0 aliphatic carbocycles. The molecule has 0 saturated carbocycles. The number of hydrogen-bond acceptors (Lipinski definition) is 3. The molecule has 2 aromatic rings. The van der Waals surface area contributed by atoms with Crippen molar-refractivity contribution in [3.8, 4) is 0 Å². The average molecular weight is 303 g/mol. The molecular weight excluding hydrogens is 282 g/mol. The van der Waals surface area contributed by atoms with E-state index in [4.69, 9.17) is 0 Å². The molecule has 0 fully saturated rings. The zero-order chi connectivity index (χ0) is 15.2. The summed E-state index contributed by atoms with van der Waals surface area (Å²) in [6.45, 7) is 3.64. The molecule has 0 radical (unpaired) electrons. The number of aryl methyl sites for hydroxylation is 1. The minimum absolute atomic E-state index is 0.206. The zero-order valence-corrected chi connectivity index (χ0v) is 13.2. The first-order valence-corrected chi connectivity index (χ1v) is 8.10. The van der Waals surface area contributed by atoms with Gasteiger partial charge in [0.15, 0.2) is 0 Å². The summed E-state index contributed by atoms with van der Waals surface area (Å²) in [6, 6.07) is 12.1. The van der Waals surface area contributed by atoms with E-state index in [-0.39, 0.29) is 11.9 Å². The van der Waals surface area contributed by atoms with E-state index in [2.05, 4.69) is 36.5 Å². The van der Waals surface area contributed by atoms with Crippen LogP contribution in [0.2, 0.25) is 0 Å². The molecule has 2 atom stereocenters. The third kappa shape index (κ3) is 4.16. The molecule has 1 aromatic carbocycles. The van der Waals surface area contributed by atoms with E-state index in [1.807, 2.05) is 17.5 Å². The summed E-state index contributed by atoms with van der Waals surface area (Å²) in [6.07, 6.45) is 1.17. The van der Waals surface area contributed by atoms with Gasteiger partial charge in [-0.1, -0.05) is 43.7 Å². The second-order valence-electron chi connectivity index (χ2n) is 5.12. The first-order chi connectivity index (χ1) is 10.1. The third-order valence-electron chi connectivity index (χ3n) is 3.35. The van der Waals surface area contributed by atoms with Crippen LogP contribution in [0, 0.1) is 0 Å². The largest absolute Gasteiger partial charge is 0.384 e. The summed E-state index contributed by atoms with van der Waals surface area (Å²) in [5.41, 5.74) is 2.33. The molecule has 1 amide bonds. The Morgan fingerprint density at radius 3 is 2.52 bits per heavy atom. The van der Waals surface area contributed by atoms with Crippen LogP contribution < -0.4 is 5.32 Å². The Balaban J connectivity index is 2.24. The van der Waals surface area contributed by atoms with Crippen LogP contribution in [0.15, 0.2) is 41.8 Å². The van der Waals surface area contributed by atoms with Gasteiger partial charge in [0.05, 0.1) is 6.04 Å². The van der Waals surface area contributed by atoms with E-state index < -0.39 is 6.10 Å². The van der Waals surface area contributed by atoms with E-state index >= 15 is 0 Å². The van der Waals surface area contributed by atoms with Gasteiger partial charge in [-0.15, -0.1) is 11.3 Å². The topological polar surface area (TPSA) is 49.3 Å². The highest BCUT2D eigenvalue weighted by Crippen LogP contribution is 2.26. The van der Waals surface area contributed by atoms with Crippen LogP contribution in [-0.2, 0) is 11.2 Å². The average Bonchev–Trinajstić information content (AvgIpc) is 2.99. The van der Waals surface area contributed by atoms with Crippen LogP contribution in [0.4, 0.5) is 0 Å². The summed E-state index contributed by atoms with van der Waals surface area (Å²) in [5, 5.41) is 14.3. The summed E-state index contributed by atoms with van der Waals surface area (Å²) >= 11 is 1.60. The summed E-state index contributed by atoms with van der Waals surface area (Å²) in [4.78, 5) is 12.9. The lowest BCUT2D eigenvalue weighted by atomic mass is 10.0. The van der Waals surface area contributed by atoms with Gasteiger partial charge in [0.2, 0.25) is 5.91 Å². The molecule has 1 heterocycles.